The van der Waals surface area contributed by atoms with E-state index in [9.17, 15) is 4.79 Å². The van der Waals surface area contributed by atoms with Gasteiger partial charge in [0.2, 0.25) is 5.95 Å². The van der Waals surface area contributed by atoms with E-state index in [1.165, 1.54) is 12.8 Å². The normalized spacial score (nSPS) is 17.0. The van der Waals surface area contributed by atoms with Gasteiger partial charge in [0, 0.05) is 13.1 Å². The molecule has 0 unspecified atom stereocenters. The molecule has 0 aromatic carbocycles. The largest absolute Gasteiger partial charge is 0.368 e. The molecule has 1 aliphatic carbocycles. The Hall–Kier alpha value is -1.85. The Bertz CT molecular complexity index is 621. The van der Waals surface area contributed by atoms with Crippen LogP contribution in [0.1, 0.15) is 31.7 Å². The number of hydrogen-bond donors (Lipinski definition) is 1. The van der Waals surface area contributed by atoms with Crippen LogP contribution in [0.2, 0.25) is 0 Å². The number of nitrogen functional groups attached to an aromatic ring is 1. The molecule has 1 saturated carbocycles. The van der Waals surface area contributed by atoms with Crippen LogP contribution in [0, 0.1) is 0 Å². The van der Waals surface area contributed by atoms with Gasteiger partial charge >= 0.3 is 5.69 Å². The molecule has 6 nitrogen and oxygen atoms in total. The van der Waals surface area contributed by atoms with Gasteiger partial charge in [-0.3, -0.25) is 9.13 Å². The molecular weight excluding hydrogens is 218 g/mol. The summed E-state index contributed by atoms with van der Waals surface area (Å²) in [6.45, 7) is 0. The third kappa shape index (κ3) is 1.44. The molecule has 0 atom stereocenters. The maximum atomic E-state index is 12.2. The van der Waals surface area contributed by atoms with E-state index in [1.807, 2.05) is 0 Å². The SMILES string of the molecule is Cn1c(=O)n(C2CCCC2)c2nc(N)ncc21. The summed E-state index contributed by atoms with van der Waals surface area (Å²) in [4.78, 5) is 20.4. The average molecular weight is 233 g/mol. The lowest BCUT2D eigenvalue weighted by Crippen LogP contribution is -2.25. The van der Waals surface area contributed by atoms with Gasteiger partial charge in [-0.25, -0.2) is 9.78 Å². The van der Waals surface area contributed by atoms with Crippen LogP contribution in [-0.4, -0.2) is 19.1 Å². The molecule has 1 fully saturated rings. The van der Waals surface area contributed by atoms with Gasteiger partial charge in [-0.1, -0.05) is 12.8 Å². The van der Waals surface area contributed by atoms with Gasteiger partial charge in [-0.05, 0) is 12.8 Å². The number of aromatic nitrogens is 4. The standard InChI is InChI=1S/C11H15N5O/c1-15-8-6-13-10(12)14-9(8)16(11(15)17)7-4-2-3-5-7/h6-7H,2-5H2,1H3,(H2,12,13,14). The molecule has 6 heteroatoms. The predicted molar refractivity (Wildman–Crippen MR) is 64.7 cm³/mol. The molecule has 0 saturated heterocycles. The van der Waals surface area contributed by atoms with Gasteiger partial charge in [0.1, 0.15) is 5.52 Å². The van der Waals surface area contributed by atoms with Crippen LogP contribution in [0.15, 0.2) is 11.0 Å². The van der Waals surface area contributed by atoms with Crippen molar-refractivity contribution in [3.63, 3.8) is 0 Å². The summed E-state index contributed by atoms with van der Waals surface area (Å²) in [6, 6.07) is 0.264. The third-order valence-electron chi connectivity index (χ3n) is 3.54. The number of nitrogens with zero attached hydrogens (tertiary/aromatic N) is 4. The summed E-state index contributed by atoms with van der Waals surface area (Å²) in [5.41, 5.74) is 6.99. The van der Waals surface area contributed by atoms with E-state index in [0.29, 0.717) is 5.65 Å². The molecule has 0 bridgehead atoms. The van der Waals surface area contributed by atoms with Crippen LogP contribution in [0.3, 0.4) is 0 Å². The second-order valence-electron chi connectivity index (χ2n) is 4.59. The topological polar surface area (TPSA) is 78.7 Å². The number of nitrogens with two attached hydrogens (primary N) is 1. The van der Waals surface area contributed by atoms with E-state index in [0.717, 1.165) is 18.4 Å². The Morgan fingerprint density at radius 2 is 2.12 bits per heavy atom. The van der Waals surface area contributed by atoms with Crippen LogP contribution in [0.4, 0.5) is 5.95 Å². The molecule has 90 valence electrons. The number of anilines is 1. The van der Waals surface area contributed by atoms with Gasteiger partial charge in [0.15, 0.2) is 5.65 Å². The molecule has 1 aliphatic rings. The lowest BCUT2D eigenvalue weighted by molar-refractivity contribution is 0.506. The van der Waals surface area contributed by atoms with Crippen molar-refractivity contribution in [3.8, 4) is 0 Å². The van der Waals surface area contributed by atoms with Gasteiger partial charge in [-0.15, -0.1) is 0 Å². The maximum absolute atomic E-state index is 12.2. The summed E-state index contributed by atoms with van der Waals surface area (Å²) in [5.74, 6) is 0.217. The number of imidazole rings is 1. The molecule has 0 amide bonds. The summed E-state index contributed by atoms with van der Waals surface area (Å²) in [7, 11) is 1.75. The Labute approximate surface area is 98.1 Å². The molecule has 2 aromatic heterocycles. The van der Waals surface area contributed by atoms with Crippen LogP contribution in [-0.2, 0) is 7.05 Å². The van der Waals surface area contributed by atoms with Crippen LogP contribution >= 0.6 is 0 Å². The molecule has 3 rings (SSSR count). The highest BCUT2D eigenvalue weighted by molar-refractivity contribution is 5.71. The summed E-state index contributed by atoms with van der Waals surface area (Å²) in [5, 5.41) is 0. The van der Waals surface area contributed by atoms with Crippen molar-refractivity contribution in [2.75, 3.05) is 5.73 Å². The van der Waals surface area contributed by atoms with Crippen LogP contribution in [0.5, 0.6) is 0 Å². The van der Waals surface area contributed by atoms with Crippen LogP contribution < -0.4 is 11.4 Å². The van der Waals surface area contributed by atoms with E-state index in [2.05, 4.69) is 9.97 Å². The van der Waals surface area contributed by atoms with Crippen molar-refractivity contribution in [1.82, 2.24) is 19.1 Å². The highest BCUT2D eigenvalue weighted by atomic mass is 16.1. The predicted octanol–water partition coefficient (Wildman–Crippen LogP) is 0.827. The Balaban J connectivity index is 2.31. The quantitative estimate of drug-likeness (QED) is 0.791. The van der Waals surface area contributed by atoms with Gasteiger partial charge in [0.25, 0.3) is 0 Å². The Kier molecular flexibility index (Phi) is 2.17. The second-order valence-corrected chi connectivity index (χ2v) is 4.59. The van der Waals surface area contributed by atoms with E-state index in [1.54, 1.807) is 22.4 Å². The molecule has 0 aliphatic heterocycles. The fourth-order valence-corrected chi connectivity index (χ4v) is 2.64. The molecule has 17 heavy (non-hydrogen) atoms. The van der Waals surface area contributed by atoms with Crippen molar-refractivity contribution in [2.24, 2.45) is 7.05 Å². The van der Waals surface area contributed by atoms with Gasteiger partial charge in [-0.2, -0.15) is 4.98 Å². The average Bonchev–Trinajstić information content (AvgIpc) is 2.88. The number of aryl methyl sites for hydroxylation is 1. The molecule has 2 N–H and O–H groups in total. The van der Waals surface area contributed by atoms with E-state index < -0.39 is 0 Å². The van der Waals surface area contributed by atoms with E-state index >= 15 is 0 Å². The zero-order chi connectivity index (χ0) is 12.0. The minimum atomic E-state index is -0.0215. The monoisotopic (exact) mass is 233 g/mol. The van der Waals surface area contributed by atoms with E-state index in [-0.39, 0.29) is 17.7 Å². The smallest absolute Gasteiger partial charge is 0.330 e. The first-order valence-electron chi connectivity index (χ1n) is 5.88. The van der Waals surface area contributed by atoms with Gasteiger partial charge in [0.05, 0.1) is 6.20 Å². The molecule has 2 aromatic rings. The fraction of sp³-hybridized carbons (Fsp3) is 0.545. The Morgan fingerprint density at radius 1 is 1.41 bits per heavy atom. The first-order valence-corrected chi connectivity index (χ1v) is 5.88. The van der Waals surface area contributed by atoms with Crippen LogP contribution in [0.25, 0.3) is 11.2 Å². The summed E-state index contributed by atoms with van der Waals surface area (Å²) < 4.78 is 3.37. The van der Waals surface area contributed by atoms with Gasteiger partial charge < -0.3 is 5.73 Å². The van der Waals surface area contributed by atoms with E-state index in [4.69, 9.17) is 5.73 Å². The minimum Gasteiger partial charge on any atom is -0.368 e. The van der Waals surface area contributed by atoms with Crippen molar-refractivity contribution in [3.05, 3.63) is 16.7 Å². The van der Waals surface area contributed by atoms with Crippen molar-refractivity contribution in [2.45, 2.75) is 31.7 Å². The first-order chi connectivity index (χ1) is 8.18. The second kappa shape index (κ2) is 3.58. The van der Waals surface area contributed by atoms with Crippen molar-refractivity contribution < 1.29 is 0 Å². The molecule has 0 radical (unpaired) electrons. The molecule has 0 spiro atoms. The van der Waals surface area contributed by atoms with Crippen molar-refractivity contribution in [1.29, 1.82) is 0 Å². The maximum Gasteiger partial charge on any atom is 0.330 e. The zero-order valence-electron chi connectivity index (χ0n) is 9.76. The molecule has 2 heterocycles. The fourth-order valence-electron chi connectivity index (χ4n) is 2.64. The highest BCUT2D eigenvalue weighted by Gasteiger charge is 2.23. The zero-order valence-corrected chi connectivity index (χ0v) is 9.76. The minimum absolute atomic E-state index is 0.0215. The summed E-state index contributed by atoms with van der Waals surface area (Å²) in [6.07, 6.45) is 6.05. The highest BCUT2D eigenvalue weighted by Crippen LogP contribution is 2.30. The molecular formula is C11H15N5O. The number of rotatable bonds is 1. The lowest BCUT2D eigenvalue weighted by atomic mass is 10.2. The third-order valence-corrected chi connectivity index (χ3v) is 3.54. The Morgan fingerprint density at radius 3 is 2.82 bits per heavy atom. The number of fused-ring (bicyclic) bond motifs is 1. The number of hydrogen-bond acceptors (Lipinski definition) is 4. The lowest BCUT2D eigenvalue weighted by Gasteiger charge is -2.10. The first kappa shape index (κ1) is 10.3. The van der Waals surface area contributed by atoms with Crippen molar-refractivity contribution >= 4 is 17.1 Å². The summed E-state index contributed by atoms with van der Waals surface area (Å²) >= 11 is 0.